The maximum Gasteiger partial charge on any atom is 0.325 e. The Morgan fingerprint density at radius 3 is 2.88 bits per heavy atom. The number of amides is 1. The monoisotopic (exact) mass is 491 g/mol. The molecule has 1 saturated heterocycles. The molecule has 1 aliphatic heterocycles. The van der Waals surface area contributed by atoms with Gasteiger partial charge in [0.15, 0.2) is 0 Å². The van der Waals surface area contributed by atoms with Crippen LogP contribution in [-0.4, -0.2) is 63.4 Å². The van der Waals surface area contributed by atoms with Crippen molar-refractivity contribution in [3.63, 3.8) is 0 Å². The van der Waals surface area contributed by atoms with Crippen molar-refractivity contribution in [3.8, 4) is 5.69 Å². The number of pyridine rings is 1. The van der Waals surface area contributed by atoms with Gasteiger partial charge in [0.1, 0.15) is 12.4 Å². The number of carbonyl (C=O) groups is 2. The first kappa shape index (κ1) is 23.3. The van der Waals surface area contributed by atoms with Gasteiger partial charge < -0.3 is 24.6 Å². The molecule has 1 fully saturated rings. The Kier molecular flexibility index (Phi) is 7.02. The number of aliphatic hydroxyl groups is 1. The first-order chi connectivity index (χ1) is 15.9. The zero-order chi connectivity index (χ0) is 23.5. The van der Waals surface area contributed by atoms with E-state index in [2.05, 4.69) is 10.3 Å². The molecule has 2 aromatic heterocycles. The van der Waals surface area contributed by atoms with Crippen LogP contribution in [0.15, 0.2) is 36.9 Å². The van der Waals surface area contributed by atoms with E-state index in [1.165, 1.54) is 0 Å². The number of imidazole rings is 1. The first-order valence-corrected chi connectivity index (χ1v) is 11.3. The summed E-state index contributed by atoms with van der Waals surface area (Å²) in [7, 11) is 0. The number of nitrogens with one attached hydrogen (secondary N) is 1. The molecule has 3 aromatic rings. The summed E-state index contributed by atoms with van der Waals surface area (Å²) in [5, 5.41) is 14.6. The molecule has 0 spiro atoms. The van der Waals surface area contributed by atoms with Gasteiger partial charge in [-0.1, -0.05) is 23.2 Å². The number of aliphatic hydroxyl groups excluding tert-OH is 1. The third-order valence-electron chi connectivity index (χ3n) is 5.55. The highest BCUT2D eigenvalue weighted by atomic mass is 35.5. The number of hydrogen-bond acceptors (Lipinski definition) is 7. The minimum Gasteiger partial charge on any atom is -0.465 e. The molecule has 33 heavy (non-hydrogen) atoms. The van der Waals surface area contributed by atoms with Crippen LogP contribution in [-0.2, 0) is 14.3 Å². The molecule has 0 bridgehead atoms. The first-order valence-electron chi connectivity index (χ1n) is 10.5. The number of aromatic nitrogens is 3. The molecule has 1 amide bonds. The molecule has 2 N–H and O–H groups in total. The third kappa shape index (κ3) is 4.90. The molecule has 1 aliphatic rings. The van der Waals surface area contributed by atoms with Crippen LogP contribution in [0.1, 0.15) is 19.8 Å². The topological polar surface area (TPSA) is 110 Å². The molecule has 0 unspecified atom stereocenters. The highest BCUT2D eigenvalue weighted by Gasteiger charge is 2.36. The molecule has 0 aliphatic carbocycles. The average molecular weight is 492 g/mol. The molecule has 0 saturated carbocycles. The Morgan fingerprint density at radius 2 is 2.15 bits per heavy atom. The van der Waals surface area contributed by atoms with Gasteiger partial charge >= 0.3 is 5.97 Å². The summed E-state index contributed by atoms with van der Waals surface area (Å²) in [5.74, 6) is -0.326. The minimum absolute atomic E-state index is 0.00994. The van der Waals surface area contributed by atoms with E-state index < -0.39 is 18.1 Å². The molecular formula is C22H23Cl2N5O4. The van der Waals surface area contributed by atoms with E-state index in [1.807, 2.05) is 21.6 Å². The Labute approximate surface area is 200 Å². The van der Waals surface area contributed by atoms with Crippen molar-refractivity contribution in [2.24, 2.45) is 0 Å². The quantitative estimate of drug-likeness (QED) is 0.488. The van der Waals surface area contributed by atoms with Crippen LogP contribution in [0.3, 0.4) is 0 Å². The lowest BCUT2D eigenvalue weighted by Crippen LogP contribution is -2.41. The molecule has 9 nitrogen and oxygen atoms in total. The van der Waals surface area contributed by atoms with Gasteiger partial charge in [0.2, 0.25) is 5.91 Å². The molecular weight excluding hydrogens is 469 g/mol. The number of anilines is 1. The van der Waals surface area contributed by atoms with Gasteiger partial charge in [-0.05, 0) is 25.5 Å². The number of benzene rings is 1. The lowest BCUT2D eigenvalue weighted by atomic mass is 10.1. The zero-order valence-corrected chi connectivity index (χ0v) is 19.4. The largest absolute Gasteiger partial charge is 0.465 e. The summed E-state index contributed by atoms with van der Waals surface area (Å²) < 4.78 is 6.67. The smallest absolute Gasteiger partial charge is 0.325 e. The molecule has 2 atom stereocenters. The Balaban J connectivity index is 1.66. The van der Waals surface area contributed by atoms with Crippen molar-refractivity contribution in [2.45, 2.75) is 31.9 Å². The molecule has 0 radical (unpaired) electrons. The Bertz CT molecular complexity index is 1170. The predicted molar refractivity (Wildman–Crippen MR) is 125 cm³/mol. The number of nitrogens with zero attached hydrogens (tertiary/aromatic N) is 4. The van der Waals surface area contributed by atoms with Crippen LogP contribution < -0.4 is 10.2 Å². The second-order valence-electron chi connectivity index (χ2n) is 7.63. The van der Waals surface area contributed by atoms with Crippen LogP contribution in [0.25, 0.3) is 16.6 Å². The fraction of sp³-hybridized carbons (Fsp3) is 0.364. The summed E-state index contributed by atoms with van der Waals surface area (Å²) >= 11 is 12.7. The second-order valence-corrected chi connectivity index (χ2v) is 8.41. The molecule has 174 valence electrons. The van der Waals surface area contributed by atoms with E-state index in [1.54, 1.807) is 31.7 Å². The average Bonchev–Trinajstić information content (AvgIpc) is 3.45. The lowest BCUT2D eigenvalue weighted by Gasteiger charge is -2.28. The fourth-order valence-corrected chi connectivity index (χ4v) is 4.34. The van der Waals surface area contributed by atoms with E-state index in [0.717, 1.165) is 11.1 Å². The molecule has 4 rings (SSSR count). The summed E-state index contributed by atoms with van der Waals surface area (Å²) in [6.45, 7) is 2.21. The van der Waals surface area contributed by atoms with E-state index >= 15 is 0 Å². The standard InChI is InChI=1S/C22H23Cl2N5O4/c1-2-33-20(32)11-26-19(31)10-16-17(30)5-7-29(16)18-9-15(28-8-6-25-12-28)13-3-4-14(23)21(24)22(13)27-18/h3-4,6,8-9,12,16-17,30H,2,5,7,10-11H2,1H3,(H,26,31)/t16-,17+/m1/s1. The van der Waals surface area contributed by atoms with E-state index in [-0.39, 0.29) is 25.5 Å². The van der Waals surface area contributed by atoms with Gasteiger partial charge in [-0.15, -0.1) is 0 Å². The predicted octanol–water partition coefficient (Wildman–Crippen LogP) is 2.74. The fourth-order valence-electron chi connectivity index (χ4n) is 3.98. The van der Waals surface area contributed by atoms with Crippen molar-refractivity contribution < 1.29 is 19.4 Å². The van der Waals surface area contributed by atoms with E-state index in [0.29, 0.717) is 34.3 Å². The highest BCUT2D eigenvalue weighted by molar-refractivity contribution is 6.45. The van der Waals surface area contributed by atoms with Crippen LogP contribution in [0, 0.1) is 0 Å². The van der Waals surface area contributed by atoms with Gasteiger partial charge in [0.05, 0.1) is 46.3 Å². The van der Waals surface area contributed by atoms with Crippen molar-refractivity contribution in [3.05, 3.63) is 47.0 Å². The summed E-state index contributed by atoms with van der Waals surface area (Å²) in [6.07, 6.45) is 4.87. The second kappa shape index (κ2) is 9.94. The van der Waals surface area contributed by atoms with Crippen molar-refractivity contribution >= 4 is 51.8 Å². The van der Waals surface area contributed by atoms with Gasteiger partial charge in [-0.2, -0.15) is 0 Å². The van der Waals surface area contributed by atoms with E-state index in [4.69, 9.17) is 32.9 Å². The minimum atomic E-state index is -0.734. The van der Waals surface area contributed by atoms with Crippen LogP contribution in [0.5, 0.6) is 0 Å². The summed E-state index contributed by atoms with van der Waals surface area (Å²) in [6, 6.07) is 4.90. The van der Waals surface area contributed by atoms with Gasteiger partial charge in [0.25, 0.3) is 0 Å². The Hall–Kier alpha value is -2.88. The van der Waals surface area contributed by atoms with Crippen LogP contribution >= 0.6 is 23.2 Å². The zero-order valence-electron chi connectivity index (χ0n) is 17.9. The SMILES string of the molecule is CCOC(=O)CNC(=O)C[C@@H]1[C@@H](O)CCN1c1cc(-n2ccnc2)c2ccc(Cl)c(Cl)c2n1. The number of rotatable bonds is 7. The highest BCUT2D eigenvalue weighted by Crippen LogP contribution is 2.36. The number of fused-ring (bicyclic) bond motifs is 1. The van der Waals surface area contributed by atoms with Crippen molar-refractivity contribution in [1.82, 2.24) is 19.9 Å². The molecule has 11 heteroatoms. The number of hydrogen-bond donors (Lipinski definition) is 2. The number of carbonyl (C=O) groups excluding carboxylic acids is 2. The number of ether oxygens (including phenoxy) is 1. The van der Waals surface area contributed by atoms with Gasteiger partial charge in [-0.25, -0.2) is 9.97 Å². The van der Waals surface area contributed by atoms with E-state index in [9.17, 15) is 14.7 Å². The number of halogens is 2. The molecule has 1 aromatic carbocycles. The van der Waals surface area contributed by atoms with Gasteiger partial charge in [-0.3, -0.25) is 9.59 Å². The normalized spacial score (nSPS) is 18.0. The van der Waals surface area contributed by atoms with Crippen LogP contribution in [0.2, 0.25) is 10.0 Å². The summed E-state index contributed by atoms with van der Waals surface area (Å²) in [4.78, 5) is 34.7. The van der Waals surface area contributed by atoms with Crippen molar-refractivity contribution in [1.29, 1.82) is 0 Å². The number of esters is 1. The van der Waals surface area contributed by atoms with Crippen LogP contribution in [0.4, 0.5) is 5.82 Å². The third-order valence-corrected chi connectivity index (χ3v) is 6.35. The van der Waals surface area contributed by atoms with Crippen molar-refractivity contribution in [2.75, 3.05) is 24.6 Å². The Morgan fingerprint density at radius 1 is 1.33 bits per heavy atom. The maximum atomic E-state index is 12.5. The molecule has 3 heterocycles. The summed E-state index contributed by atoms with van der Waals surface area (Å²) in [5.41, 5.74) is 1.30. The van der Waals surface area contributed by atoms with Gasteiger partial charge in [0, 0.05) is 36.8 Å². The lowest BCUT2D eigenvalue weighted by molar-refractivity contribution is -0.143. The maximum absolute atomic E-state index is 12.5.